The predicted molar refractivity (Wildman–Crippen MR) is 89.7 cm³/mol. The van der Waals surface area contributed by atoms with Crippen LogP contribution in [0.1, 0.15) is 84.5 Å². The first-order valence-electron chi connectivity index (χ1n) is 9.02. The van der Waals surface area contributed by atoms with Gasteiger partial charge in [-0.25, -0.2) is 0 Å². The zero-order valence-corrected chi connectivity index (χ0v) is 16.0. The van der Waals surface area contributed by atoms with Gasteiger partial charge in [0.1, 0.15) is 6.10 Å². The molecule has 1 atom stereocenters. The van der Waals surface area contributed by atoms with Crippen molar-refractivity contribution in [3.8, 4) is 0 Å². The van der Waals surface area contributed by atoms with Crippen molar-refractivity contribution in [3.63, 3.8) is 0 Å². The average Bonchev–Trinajstić information content (AvgIpc) is 2.42. The van der Waals surface area contributed by atoms with Gasteiger partial charge in [-0.15, -0.1) is 0 Å². The summed E-state index contributed by atoms with van der Waals surface area (Å²) in [5.41, 5.74) is 0. The normalized spacial score (nSPS) is 12.0. The molecule has 0 aliphatic heterocycles. The Morgan fingerprint density at radius 1 is 0.909 bits per heavy atom. The Morgan fingerprint density at radius 3 is 1.86 bits per heavy atom. The zero-order chi connectivity index (χ0) is 15.9. The van der Waals surface area contributed by atoms with E-state index >= 15 is 0 Å². The van der Waals surface area contributed by atoms with Crippen molar-refractivity contribution in [3.05, 3.63) is 0 Å². The number of hydrogen-bond donors (Lipinski definition) is 1. The highest BCUT2D eigenvalue weighted by molar-refractivity contribution is 5.66. The molecule has 0 saturated carbocycles. The van der Waals surface area contributed by atoms with Gasteiger partial charge in [0.2, 0.25) is 0 Å². The van der Waals surface area contributed by atoms with Gasteiger partial charge in [-0.1, -0.05) is 58.3 Å². The fourth-order valence-corrected chi connectivity index (χ4v) is 2.63. The molecule has 0 fully saturated rings. The first-order valence-corrected chi connectivity index (χ1v) is 9.02. The molecule has 0 spiro atoms. The number of esters is 1. The maximum atomic E-state index is 11.1. The van der Waals surface area contributed by atoms with Gasteiger partial charge >= 0.3 is 5.97 Å². The van der Waals surface area contributed by atoms with E-state index in [0.29, 0.717) is 0 Å². The van der Waals surface area contributed by atoms with Gasteiger partial charge in [-0.2, -0.15) is 0 Å². The molecule has 22 heavy (non-hydrogen) atoms. The lowest BCUT2D eigenvalue weighted by molar-refractivity contribution is -0.858. The lowest BCUT2D eigenvalue weighted by Crippen LogP contribution is -3.05. The highest BCUT2D eigenvalue weighted by Crippen LogP contribution is 2.13. The van der Waals surface area contributed by atoms with E-state index in [9.17, 15) is 4.79 Å². The molecule has 0 rings (SSSR count). The van der Waals surface area contributed by atoms with Gasteiger partial charge in [0.25, 0.3) is 0 Å². The highest BCUT2D eigenvalue weighted by atomic mass is 35.5. The zero-order valence-electron chi connectivity index (χ0n) is 15.3. The van der Waals surface area contributed by atoms with Gasteiger partial charge in [-0.3, -0.25) is 4.79 Å². The third-order valence-electron chi connectivity index (χ3n) is 3.93. The summed E-state index contributed by atoms with van der Waals surface area (Å²) < 4.78 is 5.42. The molecule has 3 nitrogen and oxygen atoms in total. The maximum Gasteiger partial charge on any atom is 0.302 e. The third-order valence-corrected chi connectivity index (χ3v) is 3.93. The van der Waals surface area contributed by atoms with E-state index in [4.69, 9.17) is 4.74 Å². The van der Waals surface area contributed by atoms with Gasteiger partial charge in [-0.05, 0) is 12.8 Å². The number of unbranched alkanes of at least 4 members (excludes halogenated alkanes) is 8. The lowest BCUT2D eigenvalue weighted by atomic mass is 10.0. The van der Waals surface area contributed by atoms with Crippen LogP contribution in [0.2, 0.25) is 0 Å². The van der Waals surface area contributed by atoms with Crippen LogP contribution in [-0.2, 0) is 9.53 Å². The minimum Gasteiger partial charge on any atom is -1.00 e. The number of halogens is 1. The standard InChI is InChI=1S/C18H37NO2.ClH/c1-5-6-7-8-9-10-11-12-13-14-18(21-17(2)20)15-16-19(3)4;/h18H,5-16H2,1-4H3;1H. The molecule has 0 radical (unpaired) electrons. The van der Waals surface area contributed by atoms with Crippen molar-refractivity contribution in [2.24, 2.45) is 0 Å². The third kappa shape index (κ3) is 17.8. The van der Waals surface area contributed by atoms with Gasteiger partial charge < -0.3 is 22.0 Å². The molecule has 0 aliphatic carbocycles. The Balaban J connectivity index is 0. The van der Waals surface area contributed by atoms with Crippen molar-refractivity contribution < 1.29 is 26.8 Å². The molecular formula is C18H38ClNO2. The maximum absolute atomic E-state index is 11.1. The molecule has 0 aromatic rings. The topological polar surface area (TPSA) is 30.7 Å². The molecule has 1 N–H and O–H groups in total. The van der Waals surface area contributed by atoms with Crippen molar-refractivity contribution in [1.29, 1.82) is 0 Å². The molecule has 0 saturated heterocycles. The van der Waals surface area contributed by atoms with E-state index in [2.05, 4.69) is 21.0 Å². The van der Waals surface area contributed by atoms with Crippen molar-refractivity contribution in [1.82, 2.24) is 0 Å². The summed E-state index contributed by atoms with van der Waals surface area (Å²) in [6.45, 7) is 4.85. The Labute approximate surface area is 144 Å². The fourth-order valence-electron chi connectivity index (χ4n) is 2.63. The first-order chi connectivity index (χ1) is 10.1. The Bertz CT molecular complexity index is 247. The molecule has 0 bridgehead atoms. The summed E-state index contributed by atoms with van der Waals surface area (Å²) in [7, 11) is 4.28. The summed E-state index contributed by atoms with van der Waals surface area (Å²) >= 11 is 0. The Kier molecular flexibility index (Phi) is 18.6. The van der Waals surface area contributed by atoms with Gasteiger partial charge in [0, 0.05) is 13.3 Å². The number of ether oxygens (including phenoxy) is 1. The van der Waals surface area contributed by atoms with Crippen LogP contribution in [0.15, 0.2) is 0 Å². The van der Waals surface area contributed by atoms with Crippen LogP contribution in [0, 0.1) is 0 Å². The molecule has 0 heterocycles. The number of carbonyl (C=O) groups excluding carboxylic acids is 1. The quantitative estimate of drug-likeness (QED) is 0.367. The number of quaternary nitrogens is 1. The van der Waals surface area contributed by atoms with Crippen LogP contribution in [0.25, 0.3) is 0 Å². The van der Waals surface area contributed by atoms with Crippen LogP contribution >= 0.6 is 0 Å². The lowest BCUT2D eigenvalue weighted by Gasteiger charge is -2.18. The van der Waals surface area contributed by atoms with Gasteiger partial charge in [0.15, 0.2) is 0 Å². The van der Waals surface area contributed by atoms with E-state index in [1.807, 2.05) is 0 Å². The smallest absolute Gasteiger partial charge is 0.302 e. The number of hydrogen-bond acceptors (Lipinski definition) is 2. The predicted octanol–water partition coefficient (Wildman–Crippen LogP) is 0.378. The van der Waals surface area contributed by atoms with Crippen LogP contribution in [0.3, 0.4) is 0 Å². The van der Waals surface area contributed by atoms with Crippen LogP contribution in [-0.4, -0.2) is 32.7 Å². The molecule has 0 aromatic carbocycles. The number of nitrogens with one attached hydrogen (secondary N) is 1. The van der Waals surface area contributed by atoms with Crippen LogP contribution < -0.4 is 17.3 Å². The second-order valence-corrected chi connectivity index (χ2v) is 6.59. The molecule has 1 unspecified atom stereocenters. The van der Waals surface area contributed by atoms with Crippen molar-refractivity contribution in [2.45, 2.75) is 90.6 Å². The largest absolute Gasteiger partial charge is 1.00 e. The summed E-state index contributed by atoms with van der Waals surface area (Å²) in [6.07, 6.45) is 14.2. The minimum absolute atomic E-state index is 0. The Morgan fingerprint density at radius 2 is 1.41 bits per heavy atom. The van der Waals surface area contributed by atoms with E-state index < -0.39 is 0 Å². The van der Waals surface area contributed by atoms with E-state index in [1.165, 1.54) is 69.6 Å². The van der Waals surface area contributed by atoms with E-state index in [-0.39, 0.29) is 24.5 Å². The molecule has 134 valence electrons. The van der Waals surface area contributed by atoms with Crippen LogP contribution in [0.4, 0.5) is 0 Å². The number of carbonyl (C=O) groups is 1. The molecule has 0 amide bonds. The van der Waals surface area contributed by atoms with E-state index in [1.54, 1.807) is 0 Å². The van der Waals surface area contributed by atoms with Crippen LogP contribution in [0.5, 0.6) is 0 Å². The summed E-state index contributed by atoms with van der Waals surface area (Å²) in [5, 5.41) is 0. The second-order valence-electron chi connectivity index (χ2n) is 6.59. The summed E-state index contributed by atoms with van der Waals surface area (Å²) in [4.78, 5) is 12.5. The average molecular weight is 336 g/mol. The summed E-state index contributed by atoms with van der Waals surface area (Å²) in [6, 6.07) is 0. The monoisotopic (exact) mass is 335 g/mol. The van der Waals surface area contributed by atoms with Crippen molar-refractivity contribution in [2.75, 3.05) is 20.6 Å². The van der Waals surface area contributed by atoms with Gasteiger partial charge in [0.05, 0.1) is 20.6 Å². The highest BCUT2D eigenvalue weighted by Gasteiger charge is 2.13. The molecule has 4 heteroatoms. The SMILES string of the molecule is CCCCCCCCCCCC(CC[NH+](C)C)OC(C)=O.[Cl-]. The summed E-state index contributed by atoms with van der Waals surface area (Å²) in [5.74, 6) is -0.135. The molecule has 0 aliphatic rings. The fraction of sp³-hybridized carbons (Fsp3) is 0.944. The van der Waals surface area contributed by atoms with Crippen molar-refractivity contribution >= 4 is 5.97 Å². The number of rotatable bonds is 14. The first kappa shape index (κ1) is 24.0. The minimum atomic E-state index is -0.135. The molecule has 0 aromatic heterocycles. The molecular weight excluding hydrogens is 298 g/mol. The van der Waals surface area contributed by atoms with E-state index in [0.717, 1.165) is 19.4 Å². The Hall–Kier alpha value is -0.280. The second kappa shape index (κ2) is 17.1.